The third-order valence-electron chi connectivity index (χ3n) is 2.40. The van der Waals surface area contributed by atoms with Crippen molar-refractivity contribution in [2.24, 2.45) is 12.1 Å². The molecule has 0 amide bonds. The lowest BCUT2D eigenvalue weighted by atomic mass is 10.2. The molecule has 0 aliphatic heterocycles. The van der Waals surface area contributed by atoms with E-state index >= 15 is 0 Å². The minimum absolute atomic E-state index is 1.10. The molecule has 8 heteroatoms. The van der Waals surface area contributed by atoms with Crippen LogP contribution < -0.4 is 4.57 Å². The van der Waals surface area contributed by atoms with Crippen LogP contribution in [0.15, 0.2) is 47.8 Å². The summed E-state index contributed by atoms with van der Waals surface area (Å²) in [5.41, 5.74) is 1.10. The molecule has 0 fully saturated rings. The first kappa shape index (κ1) is 15.9. The van der Waals surface area contributed by atoms with Crippen LogP contribution in [0, 0.1) is 6.92 Å². The van der Waals surface area contributed by atoms with Gasteiger partial charge in [0.25, 0.3) is 5.82 Å². The molecule has 0 aliphatic rings. The molecule has 0 spiro atoms. The summed E-state index contributed by atoms with van der Waals surface area (Å²) in [5.74, 6) is 1.10. The van der Waals surface area contributed by atoms with Gasteiger partial charge < -0.3 is 17.3 Å². The van der Waals surface area contributed by atoms with E-state index < -0.39 is 7.25 Å². The monoisotopic (exact) mass is 287 g/mol. The molecule has 0 unspecified atom stereocenters. The van der Waals surface area contributed by atoms with Gasteiger partial charge in [-0.25, -0.2) is 4.57 Å². The highest BCUT2D eigenvalue weighted by atomic mass is 19.5. The Labute approximate surface area is 114 Å². The number of aryl methyl sites for hydroxylation is 1. The van der Waals surface area contributed by atoms with Crippen molar-refractivity contribution < 1.29 is 21.8 Å². The number of hydrogen-bond donors (Lipinski definition) is 0. The van der Waals surface area contributed by atoms with Gasteiger partial charge in [-0.2, -0.15) is 0 Å². The molecule has 1 heterocycles. The fourth-order valence-corrected chi connectivity index (χ4v) is 1.33. The Hall–Kier alpha value is -2.12. The van der Waals surface area contributed by atoms with Crippen LogP contribution in [-0.4, -0.2) is 18.1 Å². The third kappa shape index (κ3) is 6.17. The summed E-state index contributed by atoms with van der Waals surface area (Å²) in [6, 6.07) is 10.1. The van der Waals surface area contributed by atoms with E-state index in [1.165, 1.54) is 0 Å². The van der Waals surface area contributed by atoms with E-state index in [0.29, 0.717) is 0 Å². The van der Waals surface area contributed by atoms with Crippen molar-refractivity contribution in [3.05, 3.63) is 54.1 Å². The maximum absolute atomic E-state index is 9.75. The van der Waals surface area contributed by atoms with Crippen LogP contribution in [-0.2, 0) is 7.05 Å². The summed E-state index contributed by atoms with van der Waals surface area (Å²) in [4.78, 5) is 0. The van der Waals surface area contributed by atoms with E-state index in [-0.39, 0.29) is 0 Å². The van der Waals surface area contributed by atoms with Crippen LogP contribution in [0.3, 0.4) is 0 Å². The number of rotatable bonds is 2. The quantitative estimate of drug-likeness (QED) is 0.350. The molecule has 108 valence electrons. The molecule has 0 radical (unpaired) electrons. The minimum Gasteiger partial charge on any atom is -0.418 e. The summed E-state index contributed by atoms with van der Waals surface area (Å²) < 4.78 is 42.9. The highest BCUT2D eigenvalue weighted by Gasteiger charge is 2.20. The Balaban J connectivity index is 0.000000347. The highest BCUT2D eigenvalue weighted by molar-refractivity contribution is 6.50. The summed E-state index contributed by atoms with van der Waals surface area (Å²) in [6.45, 7) is 2.03. The maximum Gasteiger partial charge on any atom is 0.673 e. The molecule has 0 saturated heterocycles. The first-order chi connectivity index (χ1) is 9.27. The molecule has 0 N–H and O–H groups in total. The fraction of sp³-hybridized carbons (Fsp3) is 0.167. The SMILES string of the molecule is Cc1n(/N=C/c2ccccc2)cc[n+]1C.F[B-](F)(F)F. The van der Waals surface area contributed by atoms with Crippen molar-refractivity contribution in [1.82, 2.24) is 4.68 Å². The molecule has 0 aliphatic carbocycles. The second-order valence-electron chi connectivity index (χ2n) is 3.95. The lowest BCUT2D eigenvalue weighted by Crippen LogP contribution is -2.29. The minimum atomic E-state index is -6.00. The molecular formula is C12H14BF4N3. The van der Waals surface area contributed by atoms with E-state index in [0.717, 1.165) is 11.4 Å². The van der Waals surface area contributed by atoms with Gasteiger partial charge in [0.15, 0.2) is 6.20 Å². The smallest absolute Gasteiger partial charge is 0.418 e. The zero-order valence-electron chi connectivity index (χ0n) is 11.0. The Morgan fingerprint density at radius 2 is 1.70 bits per heavy atom. The normalized spacial score (nSPS) is 11.3. The molecule has 2 aromatic rings. The number of aromatic nitrogens is 2. The van der Waals surface area contributed by atoms with Crippen LogP contribution in [0.2, 0.25) is 0 Å². The summed E-state index contributed by atoms with van der Waals surface area (Å²) in [6.07, 6.45) is 5.78. The molecular weight excluding hydrogens is 273 g/mol. The van der Waals surface area contributed by atoms with Gasteiger partial charge in [0.05, 0.1) is 13.3 Å². The van der Waals surface area contributed by atoms with Crippen LogP contribution in [0.4, 0.5) is 17.3 Å². The van der Waals surface area contributed by atoms with E-state index in [4.69, 9.17) is 0 Å². The zero-order chi connectivity index (χ0) is 15.2. The molecule has 0 atom stereocenters. The average molecular weight is 287 g/mol. The van der Waals surface area contributed by atoms with Gasteiger partial charge in [-0.05, 0) is 5.56 Å². The second kappa shape index (κ2) is 6.88. The molecule has 0 bridgehead atoms. The number of halogens is 4. The predicted molar refractivity (Wildman–Crippen MR) is 70.0 cm³/mol. The number of nitrogens with zero attached hydrogens (tertiary/aromatic N) is 3. The van der Waals surface area contributed by atoms with Gasteiger partial charge in [-0.15, -0.1) is 4.68 Å². The van der Waals surface area contributed by atoms with E-state index in [1.807, 2.05) is 72.2 Å². The van der Waals surface area contributed by atoms with E-state index in [2.05, 4.69) is 5.10 Å². The summed E-state index contributed by atoms with van der Waals surface area (Å²) in [7, 11) is -4.00. The fourth-order valence-electron chi connectivity index (χ4n) is 1.33. The number of benzene rings is 1. The Morgan fingerprint density at radius 1 is 1.15 bits per heavy atom. The van der Waals surface area contributed by atoms with Crippen LogP contribution >= 0.6 is 0 Å². The standard InChI is InChI=1S/C12H14N3.BF4/c1-11-14(2)8-9-15(11)13-10-12-6-4-3-5-7-12;2-1(3,4)5/h3-10H,1-2H3;/q+1;-1/b13-10+;. The predicted octanol–water partition coefficient (Wildman–Crippen LogP) is 2.80. The summed E-state index contributed by atoms with van der Waals surface area (Å²) in [5, 5.41) is 4.37. The third-order valence-corrected chi connectivity index (χ3v) is 2.40. The van der Waals surface area contributed by atoms with Crippen molar-refractivity contribution in [3.8, 4) is 0 Å². The van der Waals surface area contributed by atoms with Gasteiger partial charge in [0.1, 0.15) is 6.20 Å². The van der Waals surface area contributed by atoms with Gasteiger partial charge >= 0.3 is 7.25 Å². The van der Waals surface area contributed by atoms with Crippen molar-refractivity contribution in [2.45, 2.75) is 6.92 Å². The maximum atomic E-state index is 9.75. The molecule has 0 saturated carbocycles. The molecule has 1 aromatic carbocycles. The van der Waals surface area contributed by atoms with Crippen molar-refractivity contribution >= 4 is 13.5 Å². The largest absolute Gasteiger partial charge is 0.673 e. The molecule has 2 rings (SSSR count). The number of hydrogen-bond acceptors (Lipinski definition) is 1. The van der Waals surface area contributed by atoms with Crippen molar-refractivity contribution in [2.75, 3.05) is 0 Å². The lowest BCUT2D eigenvalue weighted by molar-refractivity contribution is -0.677. The van der Waals surface area contributed by atoms with E-state index in [1.54, 1.807) is 0 Å². The molecule has 3 nitrogen and oxygen atoms in total. The van der Waals surface area contributed by atoms with Crippen LogP contribution in [0.1, 0.15) is 11.4 Å². The zero-order valence-corrected chi connectivity index (χ0v) is 11.0. The van der Waals surface area contributed by atoms with Crippen LogP contribution in [0.5, 0.6) is 0 Å². The van der Waals surface area contributed by atoms with Gasteiger partial charge in [0.2, 0.25) is 0 Å². The summed E-state index contributed by atoms with van der Waals surface area (Å²) >= 11 is 0. The molecule has 1 aromatic heterocycles. The van der Waals surface area contributed by atoms with Gasteiger partial charge in [0, 0.05) is 6.92 Å². The first-order valence-electron chi connectivity index (χ1n) is 5.77. The van der Waals surface area contributed by atoms with Gasteiger partial charge in [-0.3, -0.25) is 0 Å². The van der Waals surface area contributed by atoms with Gasteiger partial charge in [-0.1, -0.05) is 35.4 Å². The Kier molecular flexibility index (Phi) is 5.48. The second-order valence-corrected chi connectivity index (χ2v) is 3.95. The van der Waals surface area contributed by atoms with E-state index in [9.17, 15) is 17.3 Å². The van der Waals surface area contributed by atoms with Crippen molar-refractivity contribution in [1.29, 1.82) is 0 Å². The Bertz CT molecular complexity index is 558. The lowest BCUT2D eigenvalue weighted by Gasteiger charge is -1.94. The first-order valence-corrected chi connectivity index (χ1v) is 5.77. The van der Waals surface area contributed by atoms with Crippen LogP contribution in [0.25, 0.3) is 0 Å². The van der Waals surface area contributed by atoms with Crippen molar-refractivity contribution in [3.63, 3.8) is 0 Å². The topological polar surface area (TPSA) is 21.2 Å². The average Bonchev–Trinajstić information content (AvgIpc) is 2.67. The molecule has 20 heavy (non-hydrogen) atoms. The Morgan fingerprint density at radius 3 is 2.15 bits per heavy atom. The highest BCUT2D eigenvalue weighted by Crippen LogP contribution is 2.06. The number of imidazole rings is 1.